The first kappa shape index (κ1) is 11.3. The summed E-state index contributed by atoms with van der Waals surface area (Å²) in [4.78, 5) is 11.1. The van der Waals surface area contributed by atoms with Gasteiger partial charge in [-0.3, -0.25) is 4.79 Å². The lowest BCUT2D eigenvalue weighted by atomic mass is 9.87. The molecule has 0 amide bonds. The Bertz CT molecular complexity index is 325. The van der Waals surface area contributed by atoms with Crippen molar-refractivity contribution in [3.63, 3.8) is 0 Å². The number of carbonyl (C=O) groups excluding carboxylic acids is 1. The normalized spacial score (nSPS) is 11.4. The van der Waals surface area contributed by atoms with Gasteiger partial charge in [0.2, 0.25) is 5.24 Å². The maximum Gasteiger partial charge on any atom is 0.227 e. The highest BCUT2D eigenvalue weighted by Crippen LogP contribution is 2.24. The third-order valence-corrected chi connectivity index (χ3v) is 2.81. The van der Waals surface area contributed by atoms with E-state index in [1.54, 1.807) is 0 Å². The van der Waals surface area contributed by atoms with Crippen molar-refractivity contribution in [3.8, 4) is 0 Å². The van der Waals surface area contributed by atoms with Gasteiger partial charge in [-0.15, -0.1) is 0 Å². The molecule has 0 aliphatic heterocycles. The molecule has 1 aromatic carbocycles. The molecule has 0 atom stereocenters. The molecule has 0 heterocycles. The van der Waals surface area contributed by atoms with E-state index in [0.29, 0.717) is 6.42 Å². The quantitative estimate of drug-likeness (QED) is 0.700. The lowest BCUT2D eigenvalue weighted by Crippen LogP contribution is -2.22. The summed E-state index contributed by atoms with van der Waals surface area (Å²) in [6.07, 6.45) is 0.690. The number of halogens is 1. The number of carbonyl (C=O) groups is 1. The highest BCUT2D eigenvalue weighted by molar-refractivity contribution is 6.64. The number of hydrogen-bond acceptors (Lipinski definition) is 1. The summed E-state index contributed by atoms with van der Waals surface area (Å²) < 4.78 is 0. The Morgan fingerprint density at radius 1 is 1.29 bits per heavy atom. The highest BCUT2D eigenvalue weighted by Gasteiger charge is 2.25. The van der Waals surface area contributed by atoms with Crippen LogP contribution in [0.15, 0.2) is 24.3 Å². The van der Waals surface area contributed by atoms with Crippen LogP contribution in [-0.4, -0.2) is 5.24 Å². The molecule has 0 fully saturated rings. The van der Waals surface area contributed by atoms with Crippen LogP contribution in [0.3, 0.4) is 0 Å². The van der Waals surface area contributed by atoms with E-state index in [-0.39, 0.29) is 5.24 Å². The Morgan fingerprint density at radius 2 is 1.79 bits per heavy atom. The van der Waals surface area contributed by atoms with Crippen molar-refractivity contribution in [2.75, 3.05) is 0 Å². The number of hydrogen-bond donors (Lipinski definition) is 0. The van der Waals surface area contributed by atoms with Gasteiger partial charge in [0.05, 0.1) is 0 Å². The fourth-order valence-corrected chi connectivity index (χ4v) is 1.35. The maximum atomic E-state index is 11.1. The third kappa shape index (κ3) is 2.85. The molecule has 14 heavy (non-hydrogen) atoms. The van der Waals surface area contributed by atoms with Crippen molar-refractivity contribution in [2.45, 2.75) is 27.2 Å². The zero-order valence-corrected chi connectivity index (χ0v) is 9.56. The summed E-state index contributed by atoms with van der Waals surface area (Å²) in [7, 11) is 0. The highest BCUT2D eigenvalue weighted by atomic mass is 35.5. The molecule has 2 heteroatoms. The van der Waals surface area contributed by atoms with Gasteiger partial charge in [0.25, 0.3) is 0 Å². The molecule has 1 nitrogen and oxygen atoms in total. The molecule has 0 unspecified atom stereocenters. The number of aryl methyl sites for hydroxylation is 1. The van der Waals surface area contributed by atoms with Crippen molar-refractivity contribution in [2.24, 2.45) is 5.41 Å². The van der Waals surface area contributed by atoms with Gasteiger partial charge >= 0.3 is 0 Å². The molecule has 0 radical (unpaired) electrons. The molecule has 1 rings (SSSR count). The molecular formula is C12H15ClO. The largest absolute Gasteiger partial charge is 0.281 e. The zero-order valence-electron chi connectivity index (χ0n) is 8.80. The van der Waals surface area contributed by atoms with E-state index in [9.17, 15) is 4.79 Å². The Labute approximate surface area is 90.1 Å². The summed E-state index contributed by atoms with van der Waals surface area (Å²) >= 11 is 5.51. The van der Waals surface area contributed by atoms with Crippen LogP contribution < -0.4 is 0 Å². The van der Waals surface area contributed by atoms with E-state index in [1.165, 1.54) is 5.56 Å². The second kappa shape index (κ2) is 4.14. The molecule has 0 saturated heterocycles. The van der Waals surface area contributed by atoms with Gasteiger partial charge < -0.3 is 0 Å². The summed E-state index contributed by atoms with van der Waals surface area (Å²) in [5, 5.41) is -0.280. The first-order chi connectivity index (χ1) is 6.42. The Morgan fingerprint density at radius 3 is 2.21 bits per heavy atom. The van der Waals surface area contributed by atoms with E-state index < -0.39 is 5.41 Å². The lowest BCUT2D eigenvalue weighted by Gasteiger charge is -2.19. The van der Waals surface area contributed by atoms with E-state index in [1.807, 2.05) is 45.0 Å². The van der Waals surface area contributed by atoms with Gasteiger partial charge in [0.15, 0.2) is 0 Å². The molecule has 76 valence electrons. The Hall–Kier alpha value is -0.820. The summed E-state index contributed by atoms with van der Waals surface area (Å²) in [6.45, 7) is 5.77. The predicted octanol–water partition coefficient (Wildman–Crippen LogP) is 3.33. The molecule has 0 saturated carbocycles. The van der Waals surface area contributed by atoms with Crippen molar-refractivity contribution in [3.05, 3.63) is 35.4 Å². The average Bonchev–Trinajstić information content (AvgIpc) is 2.08. The molecule has 0 N–H and O–H groups in total. The van der Waals surface area contributed by atoms with E-state index in [2.05, 4.69) is 0 Å². The van der Waals surface area contributed by atoms with Crippen molar-refractivity contribution in [1.29, 1.82) is 0 Å². The van der Waals surface area contributed by atoms with Gasteiger partial charge in [-0.05, 0) is 30.5 Å². The van der Waals surface area contributed by atoms with Crippen molar-refractivity contribution in [1.82, 2.24) is 0 Å². The van der Waals surface area contributed by atoms with Crippen LogP contribution in [-0.2, 0) is 11.2 Å². The van der Waals surface area contributed by atoms with Gasteiger partial charge in [0, 0.05) is 5.41 Å². The summed E-state index contributed by atoms with van der Waals surface area (Å²) in [5.74, 6) is 0. The SMILES string of the molecule is Cc1ccc(CC(C)(C)C(=O)Cl)cc1. The van der Waals surface area contributed by atoms with Crippen LogP contribution in [0.4, 0.5) is 0 Å². The number of rotatable bonds is 3. The average molecular weight is 211 g/mol. The van der Waals surface area contributed by atoms with Crippen LogP contribution in [0.2, 0.25) is 0 Å². The first-order valence-corrected chi connectivity index (χ1v) is 5.05. The van der Waals surface area contributed by atoms with Crippen LogP contribution in [0.25, 0.3) is 0 Å². The minimum absolute atomic E-state index is 0.280. The van der Waals surface area contributed by atoms with E-state index >= 15 is 0 Å². The lowest BCUT2D eigenvalue weighted by molar-refractivity contribution is -0.118. The maximum absolute atomic E-state index is 11.1. The Balaban J connectivity index is 2.79. The van der Waals surface area contributed by atoms with Crippen molar-refractivity contribution < 1.29 is 4.79 Å². The molecule has 0 spiro atoms. The predicted molar refractivity (Wildman–Crippen MR) is 59.5 cm³/mol. The fraction of sp³-hybridized carbons (Fsp3) is 0.417. The van der Waals surface area contributed by atoms with Gasteiger partial charge in [0.1, 0.15) is 0 Å². The smallest absolute Gasteiger partial charge is 0.227 e. The zero-order chi connectivity index (χ0) is 10.8. The van der Waals surface area contributed by atoms with Crippen LogP contribution >= 0.6 is 11.6 Å². The second-order valence-electron chi connectivity index (χ2n) is 4.32. The topological polar surface area (TPSA) is 17.1 Å². The van der Waals surface area contributed by atoms with Crippen LogP contribution in [0.1, 0.15) is 25.0 Å². The summed E-state index contributed by atoms with van der Waals surface area (Å²) in [6, 6.07) is 8.17. The molecule has 1 aromatic rings. The standard InChI is InChI=1S/C12H15ClO/c1-9-4-6-10(7-5-9)8-12(2,3)11(13)14/h4-7H,8H2,1-3H3. The van der Waals surface area contributed by atoms with Gasteiger partial charge in [-0.1, -0.05) is 43.7 Å². The van der Waals surface area contributed by atoms with E-state index in [0.717, 1.165) is 5.56 Å². The third-order valence-electron chi connectivity index (χ3n) is 2.30. The van der Waals surface area contributed by atoms with Crippen molar-refractivity contribution >= 4 is 16.8 Å². The molecule has 0 aliphatic carbocycles. The minimum atomic E-state index is -0.475. The molecule has 0 aromatic heterocycles. The molecular weight excluding hydrogens is 196 g/mol. The Kier molecular flexibility index (Phi) is 3.33. The van der Waals surface area contributed by atoms with Crippen LogP contribution in [0, 0.1) is 12.3 Å². The van der Waals surface area contributed by atoms with Gasteiger partial charge in [-0.2, -0.15) is 0 Å². The van der Waals surface area contributed by atoms with Crippen LogP contribution in [0.5, 0.6) is 0 Å². The molecule has 0 aliphatic rings. The van der Waals surface area contributed by atoms with E-state index in [4.69, 9.17) is 11.6 Å². The monoisotopic (exact) mass is 210 g/mol. The number of benzene rings is 1. The minimum Gasteiger partial charge on any atom is -0.281 e. The first-order valence-electron chi connectivity index (χ1n) is 4.67. The molecule has 0 bridgehead atoms. The van der Waals surface area contributed by atoms with Gasteiger partial charge in [-0.25, -0.2) is 0 Å². The fourth-order valence-electron chi connectivity index (χ4n) is 1.29. The summed E-state index contributed by atoms with van der Waals surface area (Å²) in [5.41, 5.74) is 1.90. The second-order valence-corrected chi connectivity index (χ2v) is 4.66.